The lowest BCUT2D eigenvalue weighted by Gasteiger charge is -2.27. The number of ketones is 1. The van der Waals surface area contributed by atoms with Crippen molar-refractivity contribution in [1.29, 1.82) is 0 Å². The number of hydrogen-bond acceptors (Lipinski definition) is 23. The van der Waals surface area contributed by atoms with Crippen molar-refractivity contribution >= 4 is 101 Å². The van der Waals surface area contributed by atoms with E-state index in [9.17, 15) is 53.2 Å². The minimum atomic E-state index is -4.50. The second-order valence-electron chi connectivity index (χ2n) is 23.3. The maximum absolute atomic E-state index is 14.1. The Hall–Kier alpha value is -8.16. The number of nitrogens with one attached hydrogen (secondary N) is 6. The van der Waals surface area contributed by atoms with E-state index in [0.717, 1.165) is 39.6 Å². The first kappa shape index (κ1) is 68.8. The molecule has 1 aliphatic carbocycles. The number of benzene rings is 3. The van der Waals surface area contributed by atoms with Gasteiger partial charge in [0.15, 0.2) is 23.6 Å². The van der Waals surface area contributed by atoms with E-state index in [1.54, 1.807) is 41.1 Å². The van der Waals surface area contributed by atoms with Gasteiger partial charge < -0.3 is 70.3 Å². The summed E-state index contributed by atoms with van der Waals surface area (Å²) in [5.74, 6) is 2.94. The maximum atomic E-state index is 14.1. The molecule has 12 rings (SSSR count). The minimum Gasteiger partial charge on any atom is -0.387 e. The van der Waals surface area contributed by atoms with Crippen molar-refractivity contribution in [2.24, 2.45) is 0 Å². The molecule has 97 heavy (non-hydrogen) atoms. The van der Waals surface area contributed by atoms with Gasteiger partial charge in [0.25, 0.3) is 5.56 Å². The number of fused-ring (bicyclic) bond motifs is 6. The second-order valence-corrected chi connectivity index (χ2v) is 29.0. The largest absolute Gasteiger partial charge is 0.387 e. The fourth-order valence-corrected chi connectivity index (χ4v) is 14.9. The molecule has 4 aliphatic heterocycles. The number of carbonyl (C=O) groups excluding carboxylic acids is 6. The number of nitrogens with zero attached hydrogens (tertiary/aromatic N) is 7. The van der Waals surface area contributed by atoms with Crippen LogP contribution in [0.25, 0.3) is 22.2 Å². The third kappa shape index (κ3) is 16.2. The molecular weight excluding hydrogens is 1340 g/mol. The molecule has 8 heterocycles. The van der Waals surface area contributed by atoms with Crippen molar-refractivity contribution in [2.75, 3.05) is 58.0 Å². The van der Waals surface area contributed by atoms with E-state index in [-0.39, 0.29) is 56.1 Å². The van der Waals surface area contributed by atoms with Crippen LogP contribution >= 0.6 is 25.8 Å². The zero-order chi connectivity index (χ0) is 68.0. The van der Waals surface area contributed by atoms with Gasteiger partial charge in [-0.25, -0.2) is 24.5 Å². The lowest BCUT2D eigenvalue weighted by molar-refractivity contribution is -0.131. The molecule has 31 nitrogen and oxygen atoms in total. The molecule has 3 fully saturated rings. The first-order valence-electron chi connectivity index (χ1n) is 31.0. The van der Waals surface area contributed by atoms with Gasteiger partial charge in [-0.1, -0.05) is 90.8 Å². The normalized spacial score (nSPS) is 25.4. The number of aliphatic hydroxyl groups is 2. The number of amides is 5. The summed E-state index contributed by atoms with van der Waals surface area (Å²) in [4.78, 5) is 122. The molecule has 2 bridgehead atoms. The van der Waals surface area contributed by atoms with Gasteiger partial charge in [-0.3, -0.25) is 56.3 Å². The molecule has 0 spiro atoms. The maximum Gasteiger partial charge on any atom is 0.386 e. The Kier molecular flexibility index (Phi) is 21.5. The van der Waals surface area contributed by atoms with Crippen molar-refractivity contribution in [3.63, 3.8) is 0 Å². The third-order valence-corrected chi connectivity index (χ3v) is 20.0. The van der Waals surface area contributed by atoms with E-state index < -0.39 is 142 Å². The van der Waals surface area contributed by atoms with Crippen molar-refractivity contribution in [2.45, 2.75) is 106 Å². The lowest BCUT2D eigenvalue weighted by Crippen LogP contribution is -2.52. The van der Waals surface area contributed by atoms with Crippen LogP contribution < -0.4 is 37.5 Å². The van der Waals surface area contributed by atoms with Gasteiger partial charge in [-0.15, -0.1) is 0 Å². The van der Waals surface area contributed by atoms with Crippen LogP contribution in [0.1, 0.15) is 71.0 Å². The first-order chi connectivity index (χ1) is 46.8. The van der Waals surface area contributed by atoms with Gasteiger partial charge in [0.2, 0.25) is 29.5 Å². The van der Waals surface area contributed by atoms with Gasteiger partial charge in [0.05, 0.1) is 57.7 Å². The molecule has 510 valence electrons. The summed E-state index contributed by atoms with van der Waals surface area (Å²) < 4.78 is 59.4. The molecule has 7 aromatic rings. The van der Waals surface area contributed by atoms with Crippen LogP contribution in [-0.2, 0) is 103 Å². The average Bonchev–Trinajstić information content (AvgIpc) is 1.61. The molecule has 5 aliphatic rings. The van der Waals surface area contributed by atoms with Crippen molar-refractivity contribution < 1.29 is 80.7 Å². The predicted molar refractivity (Wildman–Crippen MR) is 350 cm³/mol. The zero-order valence-corrected chi connectivity index (χ0v) is 55.0. The molecule has 0 saturated carbocycles. The summed E-state index contributed by atoms with van der Waals surface area (Å²) in [7, 11) is 0. The Labute approximate surface area is 563 Å². The molecule has 3 saturated heterocycles. The number of aryl methyl sites for hydroxylation is 1. The van der Waals surface area contributed by atoms with Crippen LogP contribution in [0.15, 0.2) is 109 Å². The lowest BCUT2D eigenvalue weighted by atomic mass is 9.82. The Morgan fingerprint density at radius 1 is 0.753 bits per heavy atom. The summed E-state index contributed by atoms with van der Waals surface area (Å²) in [5.41, 5.74) is 4.47. The molecule has 35 heteroatoms. The topological polar surface area (TPSA) is 400 Å². The molecule has 4 unspecified atom stereocenters. The Morgan fingerprint density at radius 2 is 1.47 bits per heavy atom. The molecule has 4 aromatic heterocycles. The highest BCUT2D eigenvalue weighted by atomic mass is 32.7. The Morgan fingerprint density at radius 3 is 2.31 bits per heavy atom. The number of aliphatic hydroxyl groups excluding tert-OH is 2. The number of ether oxygens (including phenoxy) is 3. The number of hydrogen-bond donors (Lipinski definition) is 10. The van der Waals surface area contributed by atoms with Crippen LogP contribution in [-0.4, -0.2) is 179 Å². The fourth-order valence-electron chi connectivity index (χ4n) is 12.0. The summed E-state index contributed by atoms with van der Waals surface area (Å²) in [6.45, 7) is -11.4. The SMILES string of the molecule is O=C(CCC(=O)C1Cc2ccccc2C#Cc2ccccc21)NCC(=O)NCC(=O)N[C@@H](Cc1ccccc1)C(=O)NCC(=O)NCOCCn1cnc2c(ncn2[C@@H]2O[C@@H]3COP(O)(=S)OC4[C@@H](O)[C@H](n5cc6c7c(ncnc75)NCCC6)O[C@@H]4COP(=O)(S)O[C@@H]2[C@@H]3O)c1=O. The number of rotatable bonds is 21. The number of carbonyl (C=O) groups is 6. The number of imidazole rings is 1. The van der Waals surface area contributed by atoms with Crippen molar-refractivity contribution in [3.8, 4) is 11.8 Å². The molecule has 5 amide bonds. The molecule has 9 N–H and O–H groups in total. The third-order valence-electron chi connectivity index (χ3n) is 16.8. The predicted octanol–water partition coefficient (Wildman–Crippen LogP) is 1.24. The van der Waals surface area contributed by atoms with Crippen LogP contribution in [0.4, 0.5) is 5.82 Å². The van der Waals surface area contributed by atoms with Crippen LogP contribution in [0.5, 0.6) is 0 Å². The standard InChI is InChI=1S/C62H67N13O18P2S2/c76-43(41-24-38-13-5-4-11-36(38)16-17-37-12-6-7-15-40(37)41)18-19-46(77)64-25-47(78)65-27-49(80)72-42(23-35-9-2-1-3-10-35)59(83)66-26-48(79)71-34-87-22-21-73-32-70-58-51(60(73)84)69-33-75(58)62-55-52(81)44(90-62)29-88-94(85,96)92-54-45(30-89-95(86,97)93-55)91-61(53(54)82)74-28-39-14-8-20-63-56-50(39)57(74)68-31-67-56/h1-7,9-13,15,28,31-33,41-42,44-45,52-55,61-62,81-82H,8,14,18-27,29-30,34H2,(H,64,77)(H,65,78)(H,66,83)(H,71,79)(H,72,80)(H,85,96)(H,86,97)(H,63,67,68)/t41?,42-,44+,45+,52+,53+,54?,55+,61+,62+,94?,95?/m0/s1. The first-order valence-corrected chi connectivity index (χ1v) is 36.2. The van der Waals surface area contributed by atoms with Crippen LogP contribution in [0, 0.1) is 11.8 Å². The van der Waals surface area contributed by atoms with Gasteiger partial charge in [-0.2, -0.15) is 0 Å². The second kappa shape index (κ2) is 30.3. The van der Waals surface area contributed by atoms with E-state index in [0.29, 0.717) is 36.4 Å². The summed E-state index contributed by atoms with van der Waals surface area (Å²) in [5, 5.41) is 39.9. The Balaban J connectivity index is 0.593. The quantitative estimate of drug-likeness (QED) is 0.0159. The van der Waals surface area contributed by atoms with Gasteiger partial charge in [-0.05, 0) is 65.5 Å². The highest BCUT2D eigenvalue weighted by molar-refractivity contribution is 8.44. The van der Waals surface area contributed by atoms with Crippen LogP contribution in [0.2, 0.25) is 0 Å². The van der Waals surface area contributed by atoms with E-state index >= 15 is 0 Å². The molecule has 12 atom stereocenters. The summed E-state index contributed by atoms with van der Waals surface area (Å²) in [6.07, 6.45) is -4.12. The van der Waals surface area contributed by atoms with E-state index in [4.69, 9.17) is 44.1 Å². The van der Waals surface area contributed by atoms with E-state index in [1.807, 2.05) is 48.5 Å². The van der Waals surface area contributed by atoms with Crippen molar-refractivity contribution in [1.82, 2.24) is 60.2 Å². The highest BCUT2D eigenvalue weighted by Gasteiger charge is 2.53. The van der Waals surface area contributed by atoms with Gasteiger partial charge in [0, 0.05) is 49.0 Å². The number of aromatic nitrogens is 7. The summed E-state index contributed by atoms with van der Waals surface area (Å²) >= 11 is 9.62. The van der Waals surface area contributed by atoms with Crippen molar-refractivity contribution in [3.05, 3.63) is 148 Å². The highest BCUT2D eigenvalue weighted by Crippen LogP contribution is 2.58. The smallest absolute Gasteiger partial charge is 0.386 e. The van der Waals surface area contributed by atoms with Gasteiger partial charge >= 0.3 is 13.5 Å². The Bertz CT molecular complexity index is 4380. The number of Topliss-reactive ketones (excluding diaryl/α,β-unsaturated/α-hetero) is 1. The van der Waals surface area contributed by atoms with Gasteiger partial charge in [0.1, 0.15) is 79.3 Å². The van der Waals surface area contributed by atoms with E-state index in [1.165, 1.54) is 28.1 Å². The monoisotopic (exact) mass is 1410 g/mol. The molecule has 0 radical (unpaired) electrons. The minimum absolute atomic E-state index is 0.0196. The molecular formula is C62H67N13O18P2S2. The zero-order valence-electron chi connectivity index (χ0n) is 51.5. The van der Waals surface area contributed by atoms with E-state index in [2.05, 4.69) is 75.9 Å². The number of anilines is 1. The number of thiol groups is 1. The fraction of sp³-hybridized carbons (Fsp3) is 0.403. The molecule has 3 aromatic carbocycles. The summed E-state index contributed by atoms with van der Waals surface area (Å²) in [6, 6.07) is 22.6. The van der Waals surface area contributed by atoms with Crippen LogP contribution in [0.3, 0.4) is 0 Å². The average molecular weight is 1410 g/mol.